The molecular formula is C18H25N3. The number of hydrogen-bond donors (Lipinski definition) is 1. The topological polar surface area (TPSA) is 43.8 Å². The smallest absolute Gasteiger partial charge is 0.109 e. The number of anilines is 1. The first kappa shape index (κ1) is 13.2. The Kier molecular flexibility index (Phi) is 3.16. The summed E-state index contributed by atoms with van der Waals surface area (Å²) in [5.74, 6) is 4.11. The van der Waals surface area contributed by atoms with Crippen LogP contribution in [0.1, 0.15) is 44.9 Å². The van der Waals surface area contributed by atoms with E-state index >= 15 is 0 Å². The van der Waals surface area contributed by atoms with Crippen LogP contribution in [0.2, 0.25) is 0 Å². The second kappa shape index (κ2) is 5.04. The fourth-order valence-electron chi connectivity index (χ4n) is 3.76. The molecule has 3 nitrogen and oxygen atoms in total. The summed E-state index contributed by atoms with van der Waals surface area (Å²) < 4.78 is 2.50. The summed E-state index contributed by atoms with van der Waals surface area (Å²) in [7, 11) is 0. The number of aromatic nitrogens is 2. The summed E-state index contributed by atoms with van der Waals surface area (Å²) in [6, 6.07) is 6.20. The molecule has 112 valence electrons. The lowest BCUT2D eigenvalue weighted by Crippen LogP contribution is -2.17. The lowest BCUT2D eigenvalue weighted by atomic mass is 9.97. The molecule has 0 radical (unpaired) electrons. The molecule has 0 amide bonds. The molecule has 3 heteroatoms. The summed E-state index contributed by atoms with van der Waals surface area (Å²) in [6.45, 7) is 3.41. The van der Waals surface area contributed by atoms with Crippen molar-refractivity contribution in [3.63, 3.8) is 0 Å². The first-order valence-electron chi connectivity index (χ1n) is 8.51. The van der Waals surface area contributed by atoms with Crippen molar-refractivity contribution in [3.05, 3.63) is 24.0 Å². The molecule has 0 atom stereocenters. The highest BCUT2D eigenvalue weighted by Gasteiger charge is 2.41. The monoisotopic (exact) mass is 283 g/mol. The van der Waals surface area contributed by atoms with Crippen LogP contribution in [-0.2, 0) is 13.0 Å². The average Bonchev–Trinajstić information content (AvgIpc) is 3.35. The molecule has 0 bridgehead atoms. The van der Waals surface area contributed by atoms with Gasteiger partial charge in [0, 0.05) is 18.7 Å². The fourth-order valence-corrected chi connectivity index (χ4v) is 3.76. The van der Waals surface area contributed by atoms with Gasteiger partial charge in [0.25, 0.3) is 0 Å². The maximum absolute atomic E-state index is 5.93. The number of nitrogen functional groups attached to an aromatic ring is 1. The first-order chi connectivity index (χ1) is 10.3. The molecule has 2 fully saturated rings. The van der Waals surface area contributed by atoms with E-state index < -0.39 is 0 Å². The van der Waals surface area contributed by atoms with Crippen molar-refractivity contribution in [2.75, 3.05) is 5.73 Å². The standard InChI is InChI=1S/C18H25N3/c1-2-3-18-20-16-10-14(19)8-9-17(16)21(18)11-15(12-4-5-12)13-6-7-13/h8-10,12-13,15H,2-7,11,19H2,1H3. The Morgan fingerprint density at radius 2 is 1.95 bits per heavy atom. The van der Waals surface area contributed by atoms with Crippen molar-refractivity contribution in [2.24, 2.45) is 17.8 Å². The quantitative estimate of drug-likeness (QED) is 0.814. The molecule has 2 aliphatic rings. The van der Waals surface area contributed by atoms with Crippen LogP contribution >= 0.6 is 0 Å². The molecule has 21 heavy (non-hydrogen) atoms. The van der Waals surface area contributed by atoms with Crippen molar-refractivity contribution in [1.82, 2.24) is 9.55 Å². The van der Waals surface area contributed by atoms with Crippen molar-refractivity contribution in [2.45, 2.75) is 52.0 Å². The average molecular weight is 283 g/mol. The Labute approximate surface area is 126 Å². The molecule has 0 spiro atoms. The van der Waals surface area contributed by atoms with Gasteiger partial charge in [0.15, 0.2) is 0 Å². The highest BCUT2D eigenvalue weighted by molar-refractivity contribution is 5.79. The second-order valence-electron chi connectivity index (χ2n) is 6.98. The maximum atomic E-state index is 5.93. The van der Waals surface area contributed by atoms with Gasteiger partial charge in [-0.2, -0.15) is 0 Å². The number of benzene rings is 1. The summed E-state index contributed by atoms with van der Waals surface area (Å²) >= 11 is 0. The molecular weight excluding hydrogens is 258 g/mol. The zero-order chi connectivity index (χ0) is 14.4. The molecule has 2 N–H and O–H groups in total. The van der Waals surface area contributed by atoms with Gasteiger partial charge in [0.2, 0.25) is 0 Å². The van der Waals surface area contributed by atoms with E-state index in [2.05, 4.69) is 17.6 Å². The van der Waals surface area contributed by atoms with Gasteiger partial charge in [-0.05, 0) is 68.1 Å². The number of nitrogens with zero attached hydrogens (tertiary/aromatic N) is 2. The van der Waals surface area contributed by atoms with Crippen molar-refractivity contribution in [1.29, 1.82) is 0 Å². The van der Waals surface area contributed by atoms with E-state index in [-0.39, 0.29) is 0 Å². The number of nitrogens with two attached hydrogens (primary N) is 1. The van der Waals surface area contributed by atoms with Crippen LogP contribution in [0.4, 0.5) is 5.69 Å². The number of rotatable bonds is 6. The van der Waals surface area contributed by atoms with Gasteiger partial charge in [-0.1, -0.05) is 6.92 Å². The van der Waals surface area contributed by atoms with Crippen LogP contribution in [0.25, 0.3) is 11.0 Å². The van der Waals surface area contributed by atoms with Crippen LogP contribution in [0.15, 0.2) is 18.2 Å². The molecule has 4 rings (SSSR count). The Morgan fingerprint density at radius 1 is 1.24 bits per heavy atom. The minimum Gasteiger partial charge on any atom is -0.399 e. The first-order valence-corrected chi connectivity index (χ1v) is 8.51. The minimum absolute atomic E-state index is 0.816. The highest BCUT2D eigenvalue weighted by atomic mass is 15.1. The van der Waals surface area contributed by atoms with Gasteiger partial charge >= 0.3 is 0 Å². The third kappa shape index (κ3) is 2.54. The summed E-state index contributed by atoms with van der Waals surface area (Å²) in [4.78, 5) is 4.86. The Balaban J connectivity index is 1.72. The van der Waals surface area contributed by atoms with Gasteiger partial charge in [0.05, 0.1) is 11.0 Å². The fraction of sp³-hybridized carbons (Fsp3) is 0.611. The SMILES string of the molecule is CCCc1nc2cc(N)ccc2n1CC(C1CC1)C1CC1. The minimum atomic E-state index is 0.816. The van der Waals surface area contributed by atoms with E-state index in [0.717, 1.165) is 41.8 Å². The summed E-state index contributed by atoms with van der Waals surface area (Å²) in [6.07, 6.45) is 8.01. The van der Waals surface area contributed by atoms with E-state index in [9.17, 15) is 0 Å². The van der Waals surface area contributed by atoms with Crippen LogP contribution in [-0.4, -0.2) is 9.55 Å². The zero-order valence-electron chi connectivity index (χ0n) is 12.9. The predicted molar refractivity (Wildman–Crippen MR) is 87.1 cm³/mol. The predicted octanol–water partition coefficient (Wildman–Crippen LogP) is 4.01. The molecule has 0 saturated heterocycles. The van der Waals surface area contributed by atoms with Crippen molar-refractivity contribution in [3.8, 4) is 0 Å². The van der Waals surface area contributed by atoms with E-state index in [0.29, 0.717) is 0 Å². The van der Waals surface area contributed by atoms with Gasteiger partial charge < -0.3 is 10.3 Å². The van der Waals surface area contributed by atoms with E-state index in [4.69, 9.17) is 10.7 Å². The zero-order valence-corrected chi connectivity index (χ0v) is 12.9. The van der Waals surface area contributed by atoms with Crippen LogP contribution < -0.4 is 5.73 Å². The molecule has 1 aromatic carbocycles. The summed E-state index contributed by atoms with van der Waals surface area (Å²) in [5, 5.41) is 0. The van der Waals surface area contributed by atoms with Gasteiger partial charge in [0.1, 0.15) is 5.82 Å². The molecule has 2 aliphatic carbocycles. The lowest BCUT2D eigenvalue weighted by molar-refractivity contribution is 0.348. The largest absolute Gasteiger partial charge is 0.399 e. The Hall–Kier alpha value is -1.51. The van der Waals surface area contributed by atoms with Gasteiger partial charge in [-0.25, -0.2) is 4.98 Å². The van der Waals surface area contributed by atoms with Gasteiger partial charge in [-0.15, -0.1) is 0 Å². The third-order valence-corrected chi connectivity index (χ3v) is 5.17. The molecule has 0 aliphatic heterocycles. The van der Waals surface area contributed by atoms with Crippen molar-refractivity contribution < 1.29 is 0 Å². The number of aryl methyl sites for hydroxylation is 1. The highest BCUT2D eigenvalue weighted by Crippen LogP contribution is 2.50. The number of fused-ring (bicyclic) bond motifs is 1. The Bertz CT molecular complexity index is 638. The molecule has 2 saturated carbocycles. The second-order valence-corrected chi connectivity index (χ2v) is 6.98. The lowest BCUT2D eigenvalue weighted by Gasteiger charge is -2.18. The van der Waals surface area contributed by atoms with Crippen LogP contribution in [0.5, 0.6) is 0 Å². The number of hydrogen-bond acceptors (Lipinski definition) is 2. The third-order valence-electron chi connectivity index (χ3n) is 5.17. The van der Waals surface area contributed by atoms with Gasteiger partial charge in [-0.3, -0.25) is 0 Å². The normalized spacial score (nSPS) is 18.8. The van der Waals surface area contributed by atoms with E-state index in [1.807, 2.05) is 12.1 Å². The summed E-state index contributed by atoms with van der Waals surface area (Å²) in [5.41, 5.74) is 9.09. The van der Waals surface area contributed by atoms with E-state index in [1.54, 1.807) is 0 Å². The van der Waals surface area contributed by atoms with Crippen molar-refractivity contribution >= 4 is 16.7 Å². The van der Waals surface area contributed by atoms with Crippen LogP contribution in [0, 0.1) is 17.8 Å². The molecule has 1 heterocycles. The molecule has 2 aromatic rings. The molecule has 0 unspecified atom stereocenters. The van der Waals surface area contributed by atoms with Crippen LogP contribution in [0.3, 0.4) is 0 Å². The molecule has 1 aromatic heterocycles. The Morgan fingerprint density at radius 3 is 2.57 bits per heavy atom. The van der Waals surface area contributed by atoms with E-state index in [1.165, 1.54) is 43.6 Å². The maximum Gasteiger partial charge on any atom is 0.109 e. The number of imidazole rings is 1.